The SMILES string of the molecule is C=CCN(C)C(=O)[C@H]1[C@H]2C(=O)N([C@@H](CO)Cc3ccccc3)C(C(=O)N(CC=C)Cn3nnc4ccccc43)C23CC[C@]1(C)O3. The Kier molecular flexibility index (Phi) is 8.09. The summed E-state index contributed by atoms with van der Waals surface area (Å²) < 4.78 is 8.47. The highest BCUT2D eigenvalue weighted by Gasteiger charge is 2.78. The molecule has 1 spiro atoms. The van der Waals surface area contributed by atoms with Gasteiger partial charge in [-0.1, -0.05) is 59.8 Å². The lowest BCUT2D eigenvalue weighted by atomic mass is 9.66. The molecule has 0 aliphatic carbocycles. The number of rotatable bonds is 12. The van der Waals surface area contributed by atoms with Crippen molar-refractivity contribution in [1.82, 2.24) is 29.7 Å². The Morgan fingerprint density at radius 2 is 1.80 bits per heavy atom. The second-order valence-electron chi connectivity index (χ2n) is 12.6. The molecule has 4 heterocycles. The Labute approximate surface area is 262 Å². The number of para-hydroxylation sites is 1. The molecule has 236 valence electrons. The maximum atomic E-state index is 14.9. The zero-order chi connectivity index (χ0) is 31.9. The first-order valence-corrected chi connectivity index (χ1v) is 15.4. The van der Waals surface area contributed by atoms with E-state index in [0.717, 1.165) is 11.1 Å². The molecule has 3 aliphatic rings. The summed E-state index contributed by atoms with van der Waals surface area (Å²) in [4.78, 5) is 48.3. The van der Waals surface area contributed by atoms with Crippen LogP contribution in [-0.4, -0.2) is 103 Å². The summed E-state index contributed by atoms with van der Waals surface area (Å²) in [6.45, 7) is 9.72. The quantitative estimate of drug-likeness (QED) is 0.312. The van der Waals surface area contributed by atoms with Crippen molar-refractivity contribution in [3.8, 4) is 0 Å². The van der Waals surface area contributed by atoms with Gasteiger partial charge < -0.3 is 24.5 Å². The molecule has 2 bridgehead atoms. The average Bonchev–Trinajstić information content (AvgIpc) is 3.75. The number of ether oxygens (including phenoxy) is 1. The van der Waals surface area contributed by atoms with E-state index in [9.17, 15) is 19.5 Å². The highest BCUT2D eigenvalue weighted by atomic mass is 16.5. The monoisotopic (exact) mass is 612 g/mol. The summed E-state index contributed by atoms with van der Waals surface area (Å²) in [5.74, 6) is -2.58. The number of benzene rings is 2. The van der Waals surface area contributed by atoms with Gasteiger partial charge in [0.2, 0.25) is 17.7 Å². The van der Waals surface area contributed by atoms with Gasteiger partial charge >= 0.3 is 0 Å². The normalized spacial score (nSPS) is 27.4. The molecular weight excluding hydrogens is 572 g/mol. The second-order valence-corrected chi connectivity index (χ2v) is 12.6. The average molecular weight is 613 g/mol. The molecule has 6 atom stereocenters. The molecule has 3 aromatic rings. The summed E-state index contributed by atoms with van der Waals surface area (Å²) in [6.07, 6.45) is 4.55. The Hall–Kier alpha value is -4.35. The standard InChI is InChI=1S/C34H40N6O5/c1-5-18-37(4)30(42)27-28-31(43)40(24(21-41)20-23-12-8-7-9-13-23)29(34(28)17-16-33(27,3)45-34)32(44)38(19-6-2)22-39-26-15-11-10-14-25(26)35-36-39/h5-15,24,27-29,41H,1-2,16-22H2,3-4H3/t24-,27-,28+,29?,33+,34?/m1/s1. The highest BCUT2D eigenvalue weighted by Crippen LogP contribution is 2.63. The summed E-state index contributed by atoms with van der Waals surface area (Å²) in [5.41, 5.74) is 0.202. The number of carbonyl (C=O) groups excluding carboxylic acids is 3. The van der Waals surface area contributed by atoms with Gasteiger partial charge in [0.05, 0.1) is 35.6 Å². The van der Waals surface area contributed by atoms with Crippen LogP contribution < -0.4 is 0 Å². The number of hydrogen-bond acceptors (Lipinski definition) is 7. The summed E-state index contributed by atoms with van der Waals surface area (Å²) >= 11 is 0. The number of carbonyl (C=O) groups is 3. The first-order chi connectivity index (χ1) is 21.7. The molecule has 1 N–H and O–H groups in total. The van der Waals surface area contributed by atoms with Gasteiger partial charge in [0.1, 0.15) is 23.8 Å². The molecule has 3 fully saturated rings. The van der Waals surface area contributed by atoms with E-state index < -0.39 is 35.1 Å². The molecule has 3 amide bonds. The fraction of sp³-hybridized carbons (Fsp3) is 0.441. The van der Waals surface area contributed by atoms with E-state index in [1.54, 1.807) is 33.7 Å². The molecular formula is C34H40N6O5. The van der Waals surface area contributed by atoms with E-state index in [4.69, 9.17) is 4.74 Å². The molecule has 2 aromatic carbocycles. The Balaban J connectivity index is 1.44. The largest absolute Gasteiger partial charge is 0.394 e. The van der Waals surface area contributed by atoms with Crippen molar-refractivity contribution >= 4 is 28.8 Å². The van der Waals surface area contributed by atoms with Crippen molar-refractivity contribution in [1.29, 1.82) is 0 Å². The lowest BCUT2D eigenvalue weighted by molar-refractivity contribution is -0.157. The van der Waals surface area contributed by atoms with Gasteiger partial charge in [-0.25, -0.2) is 4.68 Å². The van der Waals surface area contributed by atoms with Crippen molar-refractivity contribution in [2.45, 2.75) is 56.1 Å². The summed E-state index contributed by atoms with van der Waals surface area (Å²) in [7, 11) is 1.69. The fourth-order valence-corrected chi connectivity index (χ4v) is 7.80. The lowest BCUT2D eigenvalue weighted by Gasteiger charge is -2.39. The van der Waals surface area contributed by atoms with Gasteiger partial charge in [0, 0.05) is 20.1 Å². The maximum Gasteiger partial charge on any atom is 0.250 e. The van der Waals surface area contributed by atoms with Gasteiger partial charge in [0.25, 0.3) is 0 Å². The third kappa shape index (κ3) is 4.94. The van der Waals surface area contributed by atoms with Crippen molar-refractivity contribution in [3.63, 3.8) is 0 Å². The van der Waals surface area contributed by atoms with Crippen LogP contribution in [0.1, 0.15) is 25.3 Å². The Morgan fingerprint density at radius 1 is 1.09 bits per heavy atom. The summed E-state index contributed by atoms with van der Waals surface area (Å²) in [6, 6.07) is 15.2. The number of hydrogen-bond donors (Lipinski definition) is 1. The minimum Gasteiger partial charge on any atom is -0.394 e. The molecule has 3 aliphatic heterocycles. The highest BCUT2D eigenvalue weighted by molar-refractivity contribution is 5.99. The minimum absolute atomic E-state index is 0.0643. The number of fused-ring (bicyclic) bond motifs is 2. The van der Waals surface area contributed by atoms with E-state index >= 15 is 0 Å². The van der Waals surface area contributed by atoms with Crippen LogP contribution >= 0.6 is 0 Å². The van der Waals surface area contributed by atoms with E-state index in [1.807, 2.05) is 61.5 Å². The van der Waals surface area contributed by atoms with Crippen LogP contribution in [0.4, 0.5) is 0 Å². The van der Waals surface area contributed by atoms with E-state index in [2.05, 4.69) is 23.5 Å². The number of likely N-dealkylation sites (tertiary alicyclic amines) is 1. The molecule has 0 radical (unpaired) electrons. The Bertz CT molecular complexity index is 1630. The lowest BCUT2D eigenvalue weighted by Crippen LogP contribution is -2.59. The molecule has 6 rings (SSSR count). The van der Waals surface area contributed by atoms with E-state index in [0.29, 0.717) is 31.3 Å². The van der Waals surface area contributed by atoms with Gasteiger partial charge in [0.15, 0.2) is 0 Å². The number of aromatic nitrogens is 3. The topological polar surface area (TPSA) is 121 Å². The van der Waals surface area contributed by atoms with Crippen molar-refractivity contribution in [2.24, 2.45) is 11.8 Å². The third-order valence-corrected chi connectivity index (χ3v) is 9.80. The van der Waals surface area contributed by atoms with Crippen LogP contribution in [0.5, 0.6) is 0 Å². The third-order valence-electron chi connectivity index (χ3n) is 9.80. The number of aliphatic hydroxyl groups is 1. The van der Waals surface area contributed by atoms with Crippen LogP contribution in [0.25, 0.3) is 11.0 Å². The van der Waals surface area contributed by atoms with Crippen LogP contribution in [0, 0.1) is 11.8 Å². The van der Waals surface area contributed by atoms with Gasteiger partial charge in [-0.3, -0.25) is 14.4 Å². The number of amides is 3. The molecule has 1 aromatic heterocycles. The predicted octanol–water partition coefficient (Wildman–Crippen LogP) is 2.42. The van der Waals surface area contributed by atoms with E-state index in [1.165, 1.54) is 4.90 Å². The maximum absolute atomic E-state index is 14.9. The van der Waals surface area contributed by atoms with Crippen molar-refractivity contribution < 1.29 is 24.2 Å². The van der Waals surface area contributed by atoms with Gasteiger partial charge in [-0.05, 0) is 43.9 Å². The van der Waals surface area contributed by atoms with Crippen LogP contribution in [0.3, 0.4) is 0 Å². The second kappa shape index (κ2) is 11.9. The first kappa shape index (κ1) is 30.7. The fourth-order valence-electron chi connectivity index (χ4n) is 7.80. The van der Waals surface area contributed by atoms with Gasteiger partial charge in [-0.2, -0.15) is 0 Å². The van der Waals surface area contributed by atoms with Crippen LogP contribution in [0.2, 0.25) is 0 Å². The smallest absolute Gasteiger partial charge is 0.250 e. The molecule has 3 saturated heterocycles. The molecule has 11 nitrogen and oxygen atoms in total. The van der Waals surface area contributed by atoms with Gasteiger partial charge in [-0.15, -0.1) is 18.3 Å². The predicted molar refractivity (Wildman–Crippen MR) is 167 cm³/mol. The Morgan fingerprint density at radius 3 is 2.51 bits per heavy atom. The summed E-state index contributed by atoms with van der Waals surface area (Å²) in [5, 5.41) is 19.3. The number of aliphatic hydroxyl groups excluding tert-OH is 1. The zero-order valence-corrected chi connectivity index (χ0v) is 25.8. The molecule has 45 heavy (non-hydrogen) atoms. The first-order valence-electron chi connectivity index (χ1n) is 15.4. The molecule has 2 unspecified atom stereocenters. The molecule has 11 heteroatoms. The van der Waals surface area contributed by atoms with Crippen molar-refractivity contribution in [2.75, 3.05) is 26.7 Å². The van der Waals surface area contributed by atoms with Crippen LogP contribution in [-0.2, 0) is 32.2 Å². The molecule has 0 saturated carbocycles. The minimum atomic E-state index is -1.24. The van der Waals surface area contributed by atoms with Crippen molar-refractivity contribution in [3.05, 3.63) is 85.5 Å². The number of nitrogens with zero attached hydrogens (tertiary/aromatic N) is 6. The van der Waals surface area contributed by atoms with Crippen LogP contribution in [0.15, 0.2) is 79.9 Å². The van der Waals surface area contributed by atoms with E-state index in [-0.39, 0.29) is 37.5 Å². The number of likely N-dealkylation sites (N-methyl/N-ethyl adjacent to an activating group) is 1. The zero-order valence-electron chi connectivity index (χ0n) is 25.8.